The topological polar surface area (TPSA) is 47.1 Å². The smallest absolute Gasteiger partial charge is 0.163 e. The molecule has 0 unspecified atom stereocenters. The summed E-state index contributed by atoms with van der Waals surface area (Å²) in [4.78, 5) is 7.51. The lowest BCUT2D eigenvalue weighted by atomic mass is 10.2. The van der Waals surface area contributed by atoms with Gasteiger partial charge in [-0.15, -0.1) is 0 Å². The zero-order valence-electron chi connectivity index (χ0n) is 11.4. The average molecular weight is 351 g/mol. The van der Waals surface area contributed by atoms with Crippen molar-refractivity contribution in [3.05, 3.63) is 40.6 Å². The van der Waals surface area contributed by atoms with Gasteiger partial charge in [-0.05, 0) is 18.2 Å². The summed E-state index contributed by atoms with van der Waals surface area (Å²) in [5.41, 5.74) is 1.85. The summed E-state index contributed by atoms with van der Waals surface area (Å²) < 4.78 is 25.2. The van der Waals surface area contributed by atoms with Crippen LogP contribution in [0.5, 0.6) is 11.5 Å². The number of H-pyrrole nitrogens is 1. The molecule has 2 aromatic carbocycles. The van der Waals surface area contributed by atoms with Crippen molar-refractivity contribution in [1.82, 2.24) is 9.97 Å². The van der Waals surface area contributed by atoms with E-state index in [4.69, 9.17) is 9.47 Å². The molecule has 0 atom stereocenters. The number of methoxy groups -OCH3 is 2. The zero-order valence-corrected chi connectivity index (χ0v) is 13.0. The van der Waals surface area contributed by atoms with Crippen LogP contribution in [0.15, 0.2) is 34.8 Å². The van der Waals surface area contributed by atoms with E-state index in [1.807, 2.05) is 0 Å². The number of aromatic amines is 1. The molecule has 3 rings (SSSR count). The van der Waals surface area contributed by atoms with Gasteiger partial charge in [0.05, 0.1) is 30.8 Å². The van der Waals surface area contributed by atoms with Crippen LogP contribution in [0, 0.1) is 5.82 Å². The number of benzene rings is 2. The molecule has 0 radical (unpaired) electrons. The molecule has 3 aromatic rings. The van der Waals surface area contributed by atoms with Crippen LogP contribution in [0.1, 0.15) is 0 Å². The Morgan fingerprint density at radius 3 is 2.48 bits per heavy atom. The molecule has 4 nitrogen and oxygen atoms in total. The van der Waals surface area contributed by atoms with Gasteiger partial charge in [-0.3, -0.25) is 0 Å². The molecule has 1 N–H and O–H groups in total. The molecule has 0 bridgehead atoms. The minimum atomic E-state index is -0.345. The minimum absolute atomic E-state index is 0.345. The van der Waals surface area contributed by atoms with Gasteiger partial charge in [-0.1, -0.05) is 15.9 Å². The van der Waals surface area contributed by atoms with Gasteiger partial charge < -0.3 is 14.5 Å². The van der Waals surface area contributed by atoms with Crippen LogP contribution in [0.2, 0.25) is 0 Å². The highest BCUT2D eigenvalue weighted by molar-refractivity contribution is 9.10. The first kappa shape index (κ1) is 13.9. The third kappa shape index (κ3) is 2.47. The second-order valence-electron chi connectivity index (χ2n) is 4.43. The lowest BCUT2D eigenvalue weighted by molar-refractivity contribution is 0.356. The van der Waals surface area contributed by atoms with E-state index < -0.39 is 0 Å². The van der Waals surface area contributed by atoms with Crippen LogP contribution in [0.25, 0.3) is 22.4 Å². The maximum Gasteiger partial charge on any atom is 0.163 e. The molecule has 108 valence electrons. The fourth-order valence-corrected chi connectivity index (χ4v) is 2.48. The second kappa shape index (κ2) is 5.37. The summed E-state index contributed by atoms with van der Waals surface area (Å²) in [5, 5.41) is 0. The lowest BCUT2D eigenvalue weighted by Gasteiger charge is -2.06. The van der Waals surface area contributed by atoms with Gasteiger partial charge in [0.25, 0.3) is 0 Å². The zero-order chi connectivity index (χ0) is 15.0. The first-order valence-corrected chi connectivity index (χ1v) is 6.99. The molecule has 0 amide bonds. The average Bonchev–Trinajstić information content (AvgIpc) is 2.87. The number of nitrogens with one attached hydrogen (secondary N) is 1. The van der Waals surface area contributed by atoms with Crippen LogP contribution in [0.3, 0.4) is 0 Å². The Morgan fingerprint density at radius 1 is 1.10 bits per heavy atom. The largest absolute Gasteiger partial charge is 0.493 e. The van der Waals surface area contributed by atoms with Crippen molar-refractivity contribution in [2.24, 2.45) is 0 Å². The Bertz CT molecular complexity index is 776. The Morgan fingerprint density at radius 2 is 1.81 bits per heavy atom. The van der Waals surface area contributed by atoms with Gasteiger partial charge in [0, 0.05) is 16.6 Å². The number of nitrogens with zero attached hydrogens (tertiary/aromatic N) is 1. The number of hydrogen-bond donors (Lipinski definition) is 1. The van der Waals surface area contributed by atoms with E-state index in [1.165, 1.54) is 6.07 Å². The van der Waals surface area contributed by atoms with Gasteiger partial charge in [-0.25, -0.2) is 9.37 Å². The molecular formula is C15H12BrFN2O2. The molecule has 0 aliphatic heterocycles. The number of halogens is 2. The first-order valence-electron chi connectivity index (χ1n) is 6.19. The standard InChI is InChI=1S/C15H12BrFN2O2/c1-20-13-6-11-12(7-14(13)21-2)19-15(18-11)9-4-3-8(16)5-10(9)17/h3-7H,1-2H3,(H,18,19). The number of hydrogen-bond acceptors (Lipinski definition) is 3. The van der Waals surface area contributed by atoms with E-state index in [0.29, 0.717) is 32.9 Å². The number of aromatic nitrogens is 2. The number of rotatable bonds is 3. The Labute approximate surface area is 129 Å². The van der Waals surface area contributed by atoms with E-state index in [2.05, 4.69) is 25.9 Å². The molecule has 0 aliphatic rings. The Kier molecular flexibility index (Phi) is 3.55. The normalized spacial score (nSPS) is 10.9. The van der Waals surface area contributed by atoms with Crippen LogP contribution in [0.4, 0.5) is 4.39 Å². The Hall–Kier alpha value is -2.08. The molecule has 1 aromatic heterocycles. The van der Waals surface area contributed by atoms with E-state index in [9.17, 15) is 4.39 Å². The van der Waals surface area contributed by atoms with E-state index in [1.54, 1.807) is 38.5 Å². The van der Waals surface area contributed by atoms with Crippen LogP contribution in [-0.2, 0) is 0 Å². The second-order valence-corrected chi connectivity index (χ2v) is 5.35. The summed E-state index contributed by atoms with van der Waals surface area (Å²) in [6.07, 6.45) is 0. The maximum atomic E-state index is 14.0. The summed E-state index contributed by atoms with van der Waals surface area (Å²) in [6.45, 7) is 0. The molecule has 0 spiro atoms. The Balaban J connectivity index is 2.16. The van der Waals surface area contributed by atoms with Crippen molar-refractivity contribution in [2.45, 2.75) is 0 Å². The number of imidazole rings is 1. The highest BCUT2D eigenvalue weighted by Crippen LogP contribution is 2.33. The monoisotopic (exact) mass is 350 g/mol. The van der Waals surface area contributed by atoms with Gasteiger partial charge in [0.1, 0.15) is 11.6 Å². The fourth-order valence-electron chi connectivity index (χ4n) is 2.15. The third-order valence-corrected chi connectivity index (χ3v) is 3.67. The highest BCUT2D eigenvalue weighted by atomic mass is 79.9. The molecule has 0 saturated heterocycles. The SMILES string of the molecule is COc1cc2nc(-c3ccc(Br)cc3F)[nH]c2cc1OC. The van der Waals surface area contributed by atoms with Crippen molar-refractivity contribution in [3.8, 4) is 22.9 Å². The molecule has 1 heterocycles. The predicted octanol–water partition coefficient (Wildman–Crippen LogP) is 4.15. The van der Waals surface area contributed by atoms with Crippen molar-refractivity contribution >= 4 is 27.0 Å². The van der Waals surface area contributed by atoms with Crippen molar-refractivity contribution < 1.29 is 13.9 Å². The molecular weight excluding hydrogens is 339 g/mol. The quantitative estimate of drug-likeness (QED) is 0.771. The van der Waals surface area contributed by atoms with Gasteiger partial charge in [-0.2, -0.15) is 0 Å². The predicted molar refractivity (Wildman–Crippen MR) is 82.3 cm³/mol. The molecule has 0 fully saturated rings. The van der Waals surface area contributed by atoms with E-state index in [-0.39, 0.29) is 5.82 Å². The van der Waals surface area contributed by atoms with Gasteiger partial charge in [0.2, 0.25) is 0 Å². The summed E-state index contributed by atoms with van der Waals surface area (Å²) in [6, 6.07) is 8.38. The molecule has 21 heavy (non-hydrogen) atoms. The lowest BCUT2D eigenvalue weighted by Crippen LogP contribution is -1.89. The van der Waals surface area contributed by atoms with Crippen LogP contribution in [-0.4, -0.2) is 24.2 Å². The van der Waals surface area contributed by atoms with E-state index in [0.717, 1.165) is 5.52 Å². The summed E-state index contributed by atoms with van der Waals surface area (Å²) in [5.74, 6) is 1.29. The summed E-state index contributed by atoms with van der Waals surface area (Å²) >= 11 is 3.24. The molecule has 0 saturated carbocycles. The van der Waals surface area contributed by atoms with E-state index >= 15 is 0 Å². The third-order valence-electron chi connectivity index (χ3n) is 3.17. The van der Waals surface area contributed by atoms with Crippen molar-refractivity contribution in [1.29, 1.82) is 0 Å². The highest BCUT2D eigenvalue weighted by Gasteiger charge is 2.13. The number of fused-ring (bicyclic) bond motifs is 1. The van der Waals surface area contributed by atoms with Gasteiger partial charge in [0.15, 0.2) is 11.5 Å². The molecule has 6 heteroatoms. The van der Waals surface area contributed by atoms with Gasteiger partial charge >= 0.3 is 0 Å². The van der Waals surface area contributed by atoms with Crippen LogP contribution < -0.4 is 9.47 Å². The maximum absolute atomic E-state index is 14.0. The van der Waals surface area contributed by atoms with Crippen molar-refractivity contribution in [3.63, 3.8) is 0 Å². The van der Waals surface area contributed by atoms with Crippen LogP contribution >= 0.6 is 15.9 Å². The summed E-state index contributed by atoms with van der Waals surface area (Å²) in [7, 11) is 3.13. The molecule has 0 aliphatic carbocycles. The number of ether oxygens (including phenoxy) is 2. The van der Waals surface area contributed by atoms with Crippen molar-refractivity contribution in [2.75, 3.05) is 14.2 Å². The fraction of sp³-hybridized carbons (Fsp3) is 0.133. The minimum Gasteiger partial charge on any atom is -0.493 e. The first-order chi connectivity index (χ1) is 10.1.